The van der Waals surface area contributed by atoms with Crippen molar-refractivity contribution >= 4 is 37.2 Å². The molecular weight excluding hydrogens is 412 g/mol. The Balaban J connectivity index is 1.94. The summed E-state index contributed by atoms with van der Waals surface area (Å²) in [6.45, 7) is 5.14. The largest absolute Gasteiger partial charge is 0.295 e. The molecule has 1 N–H and O–H groups in total. The first kappa shape index (κ1) is 21.3. The van der Waals surface area contributed by atoms with Gasteiger partial charge in [-0.1, -0.05) is 0 Å². The number of aryl methyl sites for hydroxylation is 2. The Kier molecular flexibility index (Phi) is 5.73. The van der Waals surface area contributed by atoms with Gasteiger partial charge in [0.05, 0.1) is 16.3 Å². The second-order valence-corrected chi connectivity index (χ2v) is 10.9. The highest BCUT2D eigenvalue weighted by molar-refractivity contribution is 7.93. The Morgan fingerprint density at radius 3 is 2.14 bits per heavy atom. The lowest BCUT2D eigenvalue weighted by atomic mass is 10.1. The van der Waals surface area contributed by atoms with Crippen molar-refractivity contribution in [2.75, 3.05) is 21.3 Å². The normalized spacial score (nSPS) is 16.4. The van der Waals surface area contributed by atoms with Gasteiger partial charge >= 0.3 is 0 Å². The third kappa shape index (κ3) is 4.45. The fraction of sp³-hybridized carbons (Fsp3) is 0.350. The quantitative estimate of drug-likeness (QED) is 0.725. The van der Waals surface area contributed by atoms with E-state index in [9.17, 15) is 21.6 Å². The Morgan fingerprint density at radius 1 is 1.03 bits per heavy atom. The number of ketones is 1. The standard InChI is InChI=1S/C20H24N2O5S2/c1-14-12-19(22-10-4-5-11-28(22,24)25)13-15(2)20(14)29(26,27)21-18-8-6-17(7-9-18)16(3)23/h6-9,12-13,21H,4-5,10-11H2,1-3H3. The summed E-state index contributed by atoms with van der Waals surface area (Å²) in [4.78, 5) is 11.5. The summed E-state index contributed by atoms with van der Waals surface area (Å²) in [5, 5.41) is 0. The van der Waals surface area contributed by atoms with E-state index in [4.69, 9.17) is 0 Å². The third-order valence-corrected chi connectivity index (χ3v) is 8.45. The summed E-state index contributed by atoms with van der Waals surface area (Å²) in [6, 6.07) is 9.39. The van der Waals surface area contributed by atoms with Crippen molar-refractivity contribution in [2.24, 2.45) is 0 Å². The van der Waals surface area contributed by atoms with Crippen LogP contribution in [-0.2, 0) is 20.0 Å². The lowest BCUT2D eigenvalue weighted by molar-refractivity contribution is 0.101. The number of benzene rings is 2. The second kappa shape index (κ2) is 7.79. The number of carbonyl (C=O) groups is 1. The number of carbonyl (C=O) groups excluding carboxylic acids is 1. The van der Waals surface area contributed by atoms with Gasteiger partial charge in [-0.25, -0.2) is 16.8 Å². The third-order valence-electron chi connectivity index (χ3n) is 4.89. The number of nitrogens with one attached hydrogen (secondary N) is 1. The van der Waals surface area contributed by atoms with Gasteiger partial charge in [-0.15, -0.1) is 0 Å². The molecule has 0 saturated carbocycles. The summed E-state index contributed by atoms with van der Waals surface area (Å²) < 4.78 is 54.6. The number of rotatable bonds is 5. The van der Waals surface area contributed by atoms with Crippen LogP contribution in [0.5, 0.6) is 0 Å². The lowest BCUT2D eigenvalue weighted by Gasteiger charge is -2.29. The maximum absolute atomic E-state index is 13.0. The molecule has 7 nitrogen and oxygen atoms in total. The Bertz CT molecular complexity index is 1130. The minimum Gasteiger partial charge on any atom is -0.295 e. The van der Waals surface area contributed by atoms with E-state index in [0.29, 0.717) is 41.0 Å². The highest BCUT2D eigenvalue weighted by Gasteiger charge is 2.28. The first-order valence-electron chi connectivity index (χ1n) is 9.27. The second-order valence-electron chi connectivity index (χ2n) is 7.24. The van der Waals surface area contributed by atoms with E-state index in [1.54, 1.807) is 38.1 Å². The molecule has 0 radical (unpaired) electrons. The Labute approximate surface area is 171 Å². The molecule has 0 unspecified atom stereocenters. The van der Waals surface area contributed by atoms with Crippen molar-refractivity contribution in [3.63, 3.8) is 0 Å². The van der Waals surface area contributed by atoms with Crippen LogP contribution in [0.25, 0.3) is 0 Å². The summed E-state index contributed by atoms with van der Waals surface area (Å²) in [5.74, 6) is -0.00230. The highest BCUT2D eigenvalue weighted by Crippen LogP contribution is 2.31. The number of anilines is 2. The number of nitrogens with zero attached hydrogens (tertiary/aromatic N) is 1. The van der Waals surface area contributed by atoms with E-state index in [1.807, 2.05) is 0 Å². The van der Waals surface area contributed by atoms with Gasteiger partial charge in [0.25, 0.3) is 10.0 Å². The molecule has 1 aliphatic heterocycles. The van der Waals surface area contributed by atoms with E-state index < -0.39 is 20.0 Å². The first-order chi connectivity index (χ1) is 13.5. The monoisotopic (exact) mass is 436 g/mol. The lowest BCUT2D eigenvalue weighted by Crippen LogP contribution is -2.38. The first-order valence-corrected chi connectivity index (χ1v) is 12.4. The Hall–Kier alpha value is -2.39. The van der Waals surface area contributed by atoms with Crippen LogP contribution >= 0.6 is 0 Å². The van der Waals surface area contributed by atoms with Crippen molar-refractivity contribution in [1.29, 1.82) is 0 Å². The SMILES string of the molecule is CC(=O)c1ccc(NS(=O)(=O)c2c(C)cc(N3CCCCS3(=O)=O)cc2C)cc1. The molecule has 9 heteroatoms. The van der Waals surface area contributed by atoms with E-state index >= 15 is 0 Å². The van der Waals surface area contributed by atoms with Crippen molar-refractivity contribution < 1.29 is 21.6 Å². The zero-order valence-corrected chi connectivity index (χ0v) is 18.2. The van der Waals surface area contributed by atoms with Gasteiger partial charge in [0, 0.05) is 17.8 Å². The molecule has 2 aromatic rings. The van der Waals surface area contributed by atoms with Gasteiger partial charge in [-0.05, 0) is 81.1 Å². The molecule has 0 atom stereocenters. The smallest absolute Gasteiger partial charge is 0.262 e. The fourth-order valence-corrected chi connectivity index (χ4v) is 6.69. The molecule has 1 heterocycles. The average Bonchev–Trinajstić information content (AvgIpc) is 2.60. The van der Waals surface area contributed by atoms with Crippen LogP contribution in [0.1, 0.15) is 41.3 Å². The van der Waals surface area contributed by atoms with Crippen LogP contribution in [0.3, 0.4) is 0 Å². The van der Waals surface area contributed by atoms with E-state index in [0.717, 1.165) is 6.42 Å². The van der Waals surface area contributed by atoms with Gasteiger partial charge in [0.1, 0.15) is 0 Å². The zero-order chi connectivity index (χ0) is 21.4. The minimum atomic E-state index is -3.89. The molecule has 3 rings (SSSR count). The summed E-state index contributed by atoms with van der Waals surface area (Å²) in [6.07, 6.45) is 1.41. The van der Waals surface area contributed by atoms with E-state index in [-0.39, 0.29) is 16.4 Å². The predicted molar refractivity (Wildman–Crippen MR) is 114 cm³/mol. The molecule has 2 aromatic carbocycles. The molecule has 1 saturated heterocycles. The summed E-state index contributed by atoms with van der Waals surface area (Å²) in [7, 11) is -7.26. The number of sulfonamides is 2. The molecular formula is C20H24N2O5S2. The van der Waals surface area contributed by atoms with Crippen molar-refractivity contribution in [2.45, 2.75) is 38.5 Å². The molecule has 0 amide bonds. The average molecular weight is 437 g/mol. The van der Waals surface area contributed by atoms with Gasteiger partial charge in [-0.2, -0.15) is 0 Å². The molecule has 0 spiro atoms. The number of hydrogen-bond acceptors (Lipinski definition) is 5. The van der Waals surface area contributed by atoms with Gasteiger partial charge < -0.3 is 0 Å². The summed E-state index contributed by atoms with van der Waals surface area (Å²) in [5.41, 5.74) is 2.26. The van der Waals surface area contributed by atoms with Crippen LogP contribution < -0.4 is 9.03 Å². The van der Waals surface area contributed by atoms with E-state index in [2.05, 4.69) is 4.72 Å². The van der Waals surface area contributed by atoms with Gasteiger partial charge in [0.2, 0.25) is 10.0 Å². The van der Waals surface area contributed by atoms with Crippen LogP contribution in [0.4, 0.5) is 11.4 Å². The van der Waals surface area contributed by atoms with Crippen molar-refractivity contribution in [1.82, 2.24) is 0 Å². The fourth-order valence-electron chi connectivity index (χ4n) is 3.55. The Morgan fingerprint density at radius 2 is 1.62 bits per heavy atom. The zero-order valence-electron chi connectivity index (χ0n) is 16.6. The van der Waals surface area contributed by atoms with Crippen molar-refractivity contribution in [3.05, 3.63) is 53.1 Å². The van der Waals surface area contributed by atoms with Crippen LogP contribution in [-0.4, -0.2) is 34.9 Å². The molecule has 1 aliphatic rings. The molecule has 29 heavy (non-hydrogen) atoms. The minimum absolute atomic E-state index is 0.100. The molecule has 0 bridgehead atoms. The maximum Gasteiger partial charge on any atom is 0.262 e. The molecule has 0 aromatic heterocycles. The number of Topliss-reactive ketones (excluding diaryl/α,β-unsaturated/α-hetero) is 1. The summed E-state index contributed by atoms with van der Waals surface area (Å²) >= 11 is 0. The van der Waals surface area contributed by atoms with E-state index in [1.165, 1.54) is 23.4 Å². The number of hydrogen-bond donors (Lipinski definition) is 1. The van der Waals surface area contributed by atoms with Crippen LogP contribution in [0.2, 0.25) is 0 Å². The topological polar surface area (TPSA) is 101 Å². The molecule has 0 aliphatic carbocycles. The van der Waals surface area contributed by atoms with Gasteiger partial charge in [0.15, 0.2) is 5.78 Å². The maximum atomic E-state index is 13.0. The van der Waals surface area contributed by atoms with Gasteiger partial charge in [-0.3, -0.25) is 13.8 Å². The van der Waals surface area contributed by atoms with Crippen LogP contribution in [0, 0.1) is 13.8 Å². The highest BCUT2D eigenvalue weighted by atomic mass is 32.2. The van der Waals surface area contributed by atoms with Crippen LogP contribution in [0.15, 0.2) is 41.3 Å². The van der Waals surface area contributed by atoms with Crippen molar-refractivity contribution in [3.8, 4) is 0 Å². The molecule has 156 valence electrons. The predicted octanol–water partition coefficient (Wildman–Crippen LogP) is 3.24. The molecule has 1 fully saturated rings.